The number of hydrogen-bond donors (Lipinski definition) is 1. The van der Waals surface area contributed by atoms with Gasteiger partial charge in [-0.15, -0.1) is 0 Å². The molecule has 20 heavy (non-hydrogen) atoms. The van der Waals surface area contributed by atoms with E-state index in [-0.39, 0.29) is 0 Å². The maximum Gasteiger partial charge on any atom is 0.193 e. The lowest BCUT2D eigenvalue weighted by Crippen LogP contribution is -2.47. The van der Waals surface area contributed by atoms with Gasteiger partial charge in [0, 0.05) is 45.6 Å². The molecule has 1 fully saturated rings. The third-order valence-corrected chi connectivity index (χ3v) is 3.83. The smallest absolute Gasteiger partial charge is 0.193 e. The maximum atomic E-state index is 4.42. The van der Waals surface area contributed by atoms with Gasteiger partial charge >= 0.3 is 0 Å². The highest BCUT2D eigenvalue weighted by Crippen LogP contribution is 2.15. The monoisotopic (exact) mass is 277 g/mol. The minimum Gasteiger partial charge on any atom is -0.356 e. The average Bonchev–Trinajstić information content (AvgIpc) is 2.92. The lowest BCUT2D eigenvalue weighted by Gasteiger charge is -2.34. The zero-order valence-corrected chi connectivity index (χ0v) is 12.9. The molecule has 0 amide bonds. The molecule has 1 aliphatic rings. The number of rotatable bonds is 4. The Labute approximate surface area is 122 Å². The average molecular weight is 277 g/mol. The maximum absolute atomic E-state index is 4.42. The molecule has 0 aliphatic carbocycles. The van der Waals surface area contributed by atoms with Gasteiger partial charge in [0.15, 0.2) is 5.96 Å². The molecule has 5 nitrogen and oxygen atoms in total. The summed E-state index contributed by atoms with van der Waals surface area (Å²) in [6.45, 7) is 8.66. The van der Waals surface area contributed by atoms with Crippen LogP contribution in [0.3, 0.4) is 0 Å². The van der Waals surface area contributed by atoms with Gasteiger partial charge in [0.2, 0.25) is 0 Å². The van der Waals surface area contributed by atoms with Crippen LogP contribution in [0, 0.1) is 11.8 Å². The van der Waals surface area contributed by atoms with Crippen LogP contribution in [-0.4, -0.2) is 47.3 Å². The summed E-state index contributed by atoms with van der Waals surface area (Å²) in [5.74, 6) is 2.33. The predicted octanol–water partition coefficient (Wildman–Crippen LogP) is 1.83. The van der Waals surface area contributed by atoms with Crippen molar-refractivity contribution < 1.29 is 0 Å². The second-order valence-electron chi connectivity index (χ2n) is 5.95. The summed E-state index contributed by atoms with van der Waals surface area (Å²) in [6.07, 6.45) is 6.44. The molecule has 0 saturated carbocycles. The quantitative estimate of drug-likeness (QED) is 0.674. The molecule has 1 aromatic rings. The first-order valence-electron chi connectivity index (χ1n) is 7.62. The highest BCUT2D eigenvalue weighted by atomic mass is 15.3. The Morgan fingerprint density at radius 1 is 1.55 bits per heavy atom. The molecule has 1 saturated heterocycles. The Balaban J connectivity index is 1.78. The SMILES string of the molecule is CN=C(NCC(C)Cn1cccn1)N1CCCC(C)C1. The van der Waals surface area contributed by atoms with E-state index in [1.165, 1.54) is 12.8 Å². The summed E-state index contributed by atoms with van der Waals surface area (Å²) in [6, 6.07) is 1.97. The topological polar surface area (TPSA) is 45.5 Å². The summed E-state index contributed by atoms with van der Waals surface area (Å²) in [4.78, 5) is 6.81. The Bertz CT molecular complexity index is 412. The Hall–Kier alpha value is -1.52. The van der Waals surface area contributed by atoms with Crippen LogP contribution in [0.4, 0.5) is 0 Å². The van der Waals surface area contributed by atoms with E-state index < -0.39 is 0 Å². The van der Waals surface area contributed by atoms with Gasteiger partial charge in [-0.1, -0.05) is 13.8 Å². The Kier molecular flexibility index (Phi) is 5.44. The second-order valence-corrected chi connectivity index (χ2v) is 5.95. The molecular formula is C15H27N5. The van der Waals surface area contributed by atoms with Gasteiger partial charge in [0.25, 0.3) is 0 Å². The molecule has 0 bridgehead atoms. The van der Waals surface area contributed by atoms with Crippen molar-refractivity contribution in [2.45, 2.75) is 33.2 Å². The van der Waals surface area contributed by atoms with E-state index in [4.69, 9.17) is 0 Å². The Morgan fingerprint density at radius 3 is 3.05 bits per heavy atom. The fraction of sp³-hybridized carbons (Fsp3) is 0.733. The molecule has 5 heteroatoms. The summed E-state index contributed by atoms with van der Waals surface area (Å²) in [5, 5.41) is 7.76. The number of nitrogens with zero attached hydrogens (tertiary/aromatic N) is 4. The van der Waals surface area contributed by atoms with Gasteiger partial charge in [-0.25, -0.2) is 0 Å². The number of guanidine groups is 1. The molecule has 0 spiro atoms. The number of nitrogens with one attached hydrogen (secondary N) is 1. The molecule has 0 radical (unpaired) electrons. The van der Waals surface area contributed by atoms with Crippen molar-refractivity contribution in [2.24, 2.45) is 16.8 Å². The van der Waals surface area contributed by atoms with E-state index in [9.17, 15) is 0 Å². The van der Waals surface area contributed by atoms with E-state index in [1.807, 2.05) is 30.2 Å². The molecule has 0 aromatic carbocycles. The summed E-state index contributed by atoms with van der Waals surface area (Å²) in [7, 11) is 1.87. The minimum atomic E-state index is 0.522. The molecule has 2 rings (SSSR count). The normalized spacial score (nSPS) is 21.9. The van der Waals surface area contributed by atoms with Gasteiger partial charge in [0.1, 0.15) is 0 Å². The lowest BCUT2D eigenvalue weighted by molar-refractivity contribution is 0.264. The van der Waals surface area contributed by atoms with Crippen molar-refractivity contribution in [1.82, 2.24) is 20.0 Å². The van der Waals surface area contributed by atoms with Gasteiger partial charge in [-0.05, 0) is 30.7 Å². The third kappa shape index (κ3) is 4.25. The molecule has 2 heterocycles. The number of hydrogen-bond acceptors (Lipinski definition) is 2. The summed E-state index contributed by atoms with van der Waals surface area (Å²) < 4.78 is 1.98. The van der Waals surface area contributed by atoms with Crippen molar-refractivity contribution in [3.05, 3.63) is 18.5 Å². The summed E-state index contributed by atoms with van der Waals surface area (Å²) >= 11 is 0. The first kappa shape index (κ1) is 14.9. The van der Waals surface area contributed by atoms with Crippen LogP contribution in [-0.2, 0) is 6.54 Å². The molecule has 1 aliphatic heterocycles. The van der Waals surface area contributed by atoms with Crippen LogP contribution in [0.15, 0.2) is 23.5 Å². The zero-order valence-electron chi connectivity index (χ0n) is 12.9. The first-order valence-corrected chi connectivity index (χ1v) is 7.62. The van der Waals surface area contributed by atoms with Crippen molar-refractivity contribution >= 4 is 5.96 Å². The van der Waals surface area contributed by atoms with Crippen LogP contribution in [0.5, 0.6) is 0 Å². The van der Waals surface area contributed by atoms with E-state index in [0.717, 1.165) is 38.1 Å². The van der Waals surface area contributed by atoms with Crippen molar-refractivity contribution in [2.75, 3.05) is 26.7 Å². The largest absolute Gasteiger partial charge is 0.356 e. The summed E-state index contributed by atoms with van der Waals surface area (Å²) in [5.41, 5.74) is 0. The Morgan fingerprint density at radius 2 is 2.40 bits per heavy atom. The lowest BCUT2D eigenvalue weighted by atomic mass is 10.0. The van der Waals surface area contributed by atoms with Crippen molar-refractivity contribution in [3.8, 4) is 0 Å². The van der Waals surface area contributed by atoms with Crippen molar-refractivity contribution in [1.29, 1.82) is 0 Å². The number of likely N-dealkylation sites (tertiary alicyclic amines) is 1. The second kappa shape index (κ2) is 7.31. The number of aromatic nitrogens is 2. The van der Waals surface area contributed by atoms with Crippen LogP contribution < -0.4 is 5.32 Å². The molecule has 2 unspecified atom stereocenters. The first-order chi connectivity index (χ1) is 9.69. The van der Waals surface area contributed by atoms with Crippen molar-refractivity contribution in [3.63, 3.8) is 0 Å². The molecule has 2 atom stereocenters. The van der Waals surface area contributed by atoms with E-state index in [0.29, 0.717) is 5.92 Å². The third-order valence-electron chi connectivity index (χ3n) is 3.83. The highest BCUT2D eigenvalue weighted by Gasteiger charge is 2.19. The van der Waals surface area contributed by atoms with Gasteiger partial charge in [-0.3, -0.25) is 9.67 Å². The standard InChI is InChI=1S/C15H27N5/c1-13-6-4-8-19(11-13)15(16-3)17-10-14(2)12-20-9-5-7-18-20/h5,7,9,13-14H,4,6,8,10-12H2,1-3H3,(H,16,17). The zero-order chi connectivity index (χ0) is 14.4. The predicted molar refractivity (Wildman–Crippen MR) is 82.7 cm³/mol. The molecular weight excluding hydrogens is 250 g/mol. The fourth-order valence-corrected chi connectivity index (χ4v) is 2.77. The van der Waals surface area contributed by atoms with Crippen LogP contribution in [0.25, 0.3) is 0 Å². The highest BCUT2D eigenvalue weighted by molar-refractivity contribution is 5.79. The van der Waals surface area contributed by atoms with Gasteiger partial charge in [-0.2, -0.15) is 5.10 Å². The number of aliphatic imine (C=N–C) groups is 1. The minimum absolute atomic E-state index is 0.522. The van der Waals surface area contributed by atoms with Crippen LogP contribution in [0.1, 0.15) is 26.7 Å². The van der Waals surface area contributed by atoms with E-state index in [2.05, 4.69) is 34.2 Å². The van der Waals surface area contributed by atoms with Gasteiger partial charge < -0.3 is 10.2 Å². The van der Waals surface area contributed by atoms with Crippen LogP contribution >= 0.6 is 0 Å². The van der Waals surface area contributed by atoms with E-state index in [1.54, 1.807) is 0 Å². The molecule has 112 valence electrons. The fourth-order valence-electron chi connectivity index (χ4n) is 2.77. The van der Waals surface area contributed by atoms with Crippen LogP contribution in [0.2, 0.25) is 0 Å². The van der Waals surface area contributed by atoms with Gasteiger partial charge in [0.05, 0.1) is 0 Å². The molecule has 1 aromatic heterocycles. The number of piperidine rings is 1. The molecule has 1 N–H and O–H groups in total. The van der Waals surface area contributed by atoms with E-state index >= 15 is 0 Å².